The summed E-state index contributed by atoms with van der Waals surface area (Å²) in [6.07, 6.45) is -0.130. The van der Waals surface area contributed by atoms with E-state index in [1.807, 2.05) is 0 Å². The van der Waals surface area contributed by atoms with Crippen LogP contribution in [0.5, 0.6) is 0 Å². The summed E-state index contributed by atoms with van der Waals surface area (Å²) in [6, 6.07) is -1.21. The fourth-order valence-corrected chi connectivity index (χ4v) is 3.19. The van der Waals surface area contributed by atoms with Crippen molar-refractivity contribution in [2.75, 3.05) is 52.4 Å². The molecule has 207 valence electrons. The van der Waals surface area contributed by atoms with E-state index in [1.165, 1.54) is 4.90 Å². The molecule has 0 heterocycles. The van der Waals surface area contributed by atoms with E-state index in [1.54, 1.807) is 13.8 Å². The van der Waals surface area contributed by atoms with Crippen LogP contribution in [-0.4, -0.2) is 140 Å². The average Bonchev–Trinajstić information content (AvgIpc) is 2.66. The Morgan fingerprint density at radius 2 is 0.972 bits per heavy atom. The summed E-state index contributed by atoms with van der Waals surface area (Å²) in [7, 11) is 0. The molecule has 0 aliphatic rings. The van der Waals surface area contributed by atoms with Gasteiger partial charge < -0.3 is 31.0 Å². The van der Waals surface area contributed by atoms with Crippen LogP contribution < -0.4 is 0 Å². The third-order valence-corrected chi connectivity index (χ3v) is 4.88. The number of ketones is 1. The Hall–Kier alpha value is -1.82. The number of hydrogen-bond acceptors (Lipinski definition) is 9. The van der Waals surface area contributed by atoms with Gasteiger partial charge in [-0.15, -0.1) is 0 Å². The van der Waals surface area contributed by atoms with Gasteiger partial charge >= 0.3 is 69.8 Å². The molecule has 0 amide bonds. The van der Waals surface area contributed by atoms with Crippen LogP contribution in [0.15, 0.2) is 0 Å². The minimum absolute atomic E-state index is 0. The van der Waals surface area contributed by atoms with Gasteiger partial charge in [0.15, 0.2) is 0 Å². The van der Waals surface area contributed by atoms with E-state index in [0.717, 1.165) is 9.80 Å². The first kappa shape index (κ1) is 38.7. The maximum atomic E-state index is 12.0. The van der Waals surface area contributed by atoms with Gasteiger partial charge in [-0.1, -0.05) is 13.8 Å². The molecule has 0 aromatic carbocycles. The maximum absolute atomic E-state index is 12.0. The largest absolute Gasteiger partial charge is 3.00 e. The molecule has 15 nitrogen and oxygen atoms in total. The van der Waals surface area contributed by atoms with Gasteiger partial charge in [-0.05, 0) is 6.42 Å². The minimum Gasteiger partial charge on any atom is -0.480 e. The van der Waals surface area contributed by atoms with E-state index >= 15 is 0 Å². The molecule has 7 N–H and O–H groups in total. The minimum atomic E-state index is -1.28. The summed E-state index contributed by atoms with van der Waals surface area (Å²) in [5, 5.41) is 45.8. The molecule has 0 aromatic heterocycles. The zero-order valence-electron chi connectivity index (χ0n) is 20.1. The number of carbonyl (C=O) groups is 6. The van der Waals surface area contributed by atoms with Crippen LogP contribution in [0.3, 0.4) is 0 Å². The van der Waals surface area contributed by atoms with Crippen LogP contribution in [0.2, 0.25) is 0 Å². The van der Waals surface area contributed by atoms with E-state index in [4.69, 9.17) is 20.4 Å². The van der Waals surface area contributed by atoms with Gasteiger partial charge in [0.2, 0.25) is 0 Å². The first-order chi connectivity index (χ1) is 15.7. The molecule has 1 radical (unpaired) electrons. The summed E-state index contributed by atoms with van der Waals surface area (Å²) in [5.74, 6) is -6.87. The third-order valence-electron chi connectivity index (χ3n) is 4.88. The average molecular weight is 667 g/mol. The van der Waals surface area contributed by atoms with Gasteiger partial charge in [0.25, 0.3) is 0 Å². The van der Waals surface area contributed by atoms with Gasteiger partial charge in [-0.3, -0.25) is 43.5 Å². The number of rotatable bonds is 20. The molecule has 0 unspecified atom stereocenters. The van der Waals surface area contributed by atoms with Crippen molar-refractivity contribution in [2.45, 2.75) is 32.7 Å². The second kappa shape index (κ2) is 20.3. The normalized spacial score (nSPS) is 11.6. The Labute approximate surface area is 240 Å². The van der Waals surface area contributed by atoms with Crippen molar-refractivity contribution in [2.24, 2.45) is 5.92 Å². The Balaban J connectivity index is -0.00000544. The Morgan fingerprint density at radius 1 is 0.639 bits per heavy atom. The van der Waals surface area contributed by atoms with E-state index in [0.29, 0.717) is 0 Å². The molecule has 16 heteroatoms. The van der Waals surface area contributed by atoms with Crippen LogP contribution in [-0.2, 0) is 28.8 Å². The van der Waals surface area contributed by atoms with Crippen LogP contribution in [0.4, 0.5) is 0 Å². The summed E-state index contributed by atoms with van der Waals surface area (Å²) in [6.45, 7) is 0.422. The molecule has 0 fully saturated rings. The van der Waals surface area contributed by atoms with Gasteiger partial charge in [0.1, 0.15) is 11.8 Å². The predicted molar refractivity (Wildman–Crippen MR) is 119 cm³/mol. The number of carboxylic acids is 5. The number of hydrogen-bond donors (Lipinski definition) is 5. The molecule has 0 saturated carbocycles. The van der Waals surface area contributed by atoms with Gasteiger partial charge in [0, 0.05) is 38.5 Å². The first-order valence-electron chi connectivity index (χ1n) is 10.5. The SMILES string of the molecule is CC(C)C(=O)CC[C@@H](C(=O)O)N(CCN(CC(=O)O)CC(=O)O)CCN(CC(=O)O)CC(=O)O.O.[Gd+3]. The fraction of sp³-hybridized carbons (Fsp3) is 0.700. The van der Waals surface area contributed by atoms with Gasteiger partial charge in [0.05, 0.1) is 26.2 Å². The molecule has 0 spiro atoms. The summed E-state index contributed by atoms with van der Waals surface area (Å²) >= 11 is 0. The van der Waals surface area contributed by atoms with Crippen molar-refractivity contribution < 1.29 is 99.7 Å². The first-order valence-corrected chi connectivity index (χ1v) is 10.5. The monoisotopic (exact) mass is 667 g/mol. The smallest absolute Gasteiger partial charge is 0.480 e. The number of carbonyl (C=O) groups excluding carboxylic acids is 1. The molecule has 0 bridgehead atoms. The Morgan fingerprint density at radius 3 is 1.22 bits per heavy atom. The van der Waals surface area contributed by atoms with Crippen molar-refractivity contribution in [3.63, 3.8) is 0 Å². The van der Waals surface area contributed by atoms with Gasteiger partial charge in [-0.2, -0.15) is 0 Å². The zero-order valence-corrected chi connectivity index (χ0v) is 22.4. The Kier molecular flexibility index (Phi) is 21.8. The second-order valence-electron chi connectivity index (χ2n) is 8.05. The molecule has 0 aromatic rings. The van der Waals surface area contributed by atoms with Crippen LogP contribution in [0.1, 0.15) is 26.7 Å². The van der Waals surface area contributed by atoms with E-state index in [-0.39, 0.29) is 96.1 Å². The summed E-state index contributed by atoms with van der Waals surface area (Å²) in [5.41, 5.74) is 0. The zero-order chi connectivity index (χ0) is 26.4. The van der Waals surface area contributed by atoms with Crippen LogP contribution >= 0.6 is 0 Å². The topological polar surface area (TPSA) is 245 Å². The van der Waals surface area contributed by atoms with Crippen molar-refractivity contribution in [3.8, 4) is 0 Å². The van der Waals surface area contributed by atoms with Crippen LogP contribution in [0, 0.1) is 45.9 Å². The molecule has 36 heavy (non-hydrogen) atoms. The van der Waals surface area contributed by atoms with Gasteiger partial charge in [-0.25, -0.2) is 0 Å². The molecule has 0 saturated heterocycles. The molecule has 0 rings (SSSR count). The third kappa shape index (κ3) is 18.5. The number of aliphatic carboxylic acids is 5. The molecular weight excluding hydrogens is 631 g/mol. The fourth-order valence-electron chi connectivity index (χ4n) is 3.19. The second-order valence-corrected chi connectivity index (χ2v) is 8.05. The number of carboxylic acid groups (broad SMARTS) is 5. The quantitative estimate of drug-likeness (QED) is 0.0932. The van der Waals surface area contributed by atoms with E-state index < -0.39 is 62.1 Å². The van der Waals surface area contributed by atoms with E-state index in [9.17, 15) is 33.9 Å². The summed E-state index contributed by atoms with van der Waals surface area (Å²) < 4.78 is 0. The van der Waals surface area contributed by atoms with Crippen LogP contribution in [0.25, 0.3) is 0 Å². The standard InChI is InChI=1S/C20H33N3O11.Gd.H2O/c1-13(2)15(24)4-3-14(20(33)34)23(7-5-21(9-16(25)26)10-17(27)28)8-6-22(11-18(29)30)12-19(31)32;;/h13-14H,3-12H2,1-2H3,(H,25,26)(H,27,28)(H,29,30)(H,31,32)(H,33,34);;1H2/q;+3;/t14-;;/m0../s1. The van der Waals surface area contributed by atoms with Crippen molar-refractivity contribution >= 4 is 35.6 Å². The molecule has 1 atom stereocenters. The number of Topliss-reactive ketones (excluding diaryl/α,β-unsaturated/α-hetero) is 1. The van der Waals surface area contributed by atoms with Crippen molar-refractivity contribution in [1.82, 2.24) is 14.7 Å². The predicted octanol–water partition coefficient (Wildman–Crippen LogP) is -2.14. The Bertz CT molecular complexity index is 677. The molecule has 0 aliphatic carbocycles. The molecule has 0 aliphatic heterocycles. The van der Waals surface area contributed by atoms with E-state index in [2.05, 4.69) is 0 Å². The summed E-state index contributed by atoms with van der Waals surface area (Å²) in [4.78, 5) is 71.7. The molecular formula is C20H35GdN3O12+3. The van der Waals surface area contributed by atoms with Crippen molar-refractivity contribution in [1.29, 1.82) is 0 Å². The van der Waals surface area contributed by atoms with Crippen molar-refractivity contribution in [3.05, 3.63) is 0 Å². The maximum Gasteiger partial charge on any atom is 3.00 e. The number of nitrogens with zero attached hydrogens (tertiary/aromatic N) is 3.